The molecule has 0 amide bonds. The molecule has 138 valence electrons. The first-order valence-corrected chi connectivity index (χ1v) is 7.01. The molecule has 0 aromatic heterocycles. The molecule has 0 aliphatic rings. The summed E-state index contributed by atoms with van der Waals surface area (Å²) in [5.41, 5.74) is -13.9. The Morgan fingerprint density at radius 3 is 1.52 bits per heavy atom. The maximum Gasteiger partial charge on any atom is 0.463 e. The Balaban J connectivity index is 5.74. The van der Waals surface area contributed by atoms with Gasteiger partial charge in [0.15, 0.2) is 0 Å². The predicted octanol–water partition coefficient (Wildman–Crippen LogP) is 4.79. The Kier molecular flexibility index (Phi) is 6.73. The Bertz CT molecular complexity index is 425. The molecule has 0 atom stereocenters. The number of rotatable bonds is 8. The Morgan fingerprint density at radius 1 is 0.826 bits per heavy atom. The van der Waals surface area contributed by atoms with E-state index in [0.29, 0.717) is 0 Å². The van der Waals surface area contributed by atoms with Gasteiger partial charge >= 0.3 is 31.0 Å². The zero-order valence-corrected chi connectivity index (χ0v) is 11.8. The Morgan fingerprint density at radius 2 is 1.22 bits per heavy atom. The highest BCUT2D eigenvalue weighted by Gasteiger charge is 2.85. The highest BCUT2D eigenvalue weighted by atomic mass is 31.2. The molecule has 0 radical (unpaired) electrons. The van der Waals surface area contributed by atoms with E-state index in [1.807, 2.05) is 0 Å². The molecule has 23 heavy (non-hydrogen) atoms. The number of halogens is 10. The largest absolute Gasteiger partial charge is 0.463 e. The van der Waals surface area contributed by atoms with E-state index in [9.17, 15) is 48.5 Å². The van der Waals surface area contributed by atoms with Crippen molar-refractivity contribution < 1.29 is 57.7 Å². The first-order valence-electron chi connectivity index (χ1n) is 5.38. The van der Waals surface area contributed by atoms with Crippen LogP contribution in [0.1, 0.15) is 0 Å². The van der Waals surface area contributed by atoms with Crippen molar-refractivity contribution in [2.75, 3.05) is 19.8 Å². The van der Waals surface area contributed by atoms with Gasteiger partial charge in [-0.2, -0.15) is 43.9 Å². The van der Waals surface area contributed by atoms with Crippen LogP contribution in [0.3, 0.4) is 0 Å². The summed E-state index contributed by atoms with van der Waals surface area (Å²) in [6.45, 7) is 0.161. The van der Waals surface area contributed by atoms with Gasteiger partial charge in [0.05, 0.1) is 19.8 Å². The fraction of sp³-hybridized carbons (Fsp3) is 0.778. The fourth-order valence-corrected chi connectivity index (χ4v) is 2.74. The van der Waals surface area contributed by atoms with Crippen LogP contribution in [-0.4, -0.2) is 43.5 Å². The molecule has 14 heteroatoms. The van der Waals surface area contributed by atoms with Gasteiger partial charge in [0.2, 0.25) is 0 Å². The molecule has 0 unspecified atom stereocenters. The summed E-state index contributed by atoms with van der Waals surface area (Å²) in [6.07, 6.45) is -12.9. The Hall–Kier alpha value is -0.810. The summed E-state index contributed by atoms with van der Waals surface area (Å²) in [7, 11) is -7.94. The second-order valence-corrected chi connectivity index (χ2v) is 6.31. The maximum atomic E-state index is 13.0. The SMILES string of the molecule is C=CCOCCOP(=O)(C(F)(F)C(F)(F)F)C(F)(F)C(F)(F)F. The molecule has 0 aliphatic carbocycles. The topological polar surface area (TPSA) is 35.5 Å². The number of alkyl halides is 10. The van der Waals surface area contributed by atoms with Gasteiger partial charge < -0.3 is 9.26 Å². The van der Waals surface area contributed by atoms with E-state index in [-0.39, 0.29) is 6.61 Å². The van der Waals surface area contributed by atoms with Gasteiger partial charge in [-0.3, -0.25) is 4.57 Å². The van der Waals surface area contributed by atoms with Gasteiger partial charge in [0.1, 0.15) is 0 Å². The third-order valence-electron chi connectivity index (χ3n) is 2.16. The van der Waals surface area contributed by atoms with Crippen molar-refractivity contribution in [1.29, 1.82) is 0 Å². The van der Waals surface area contributed by atoms with Gasteiger partial charge in [-0.05, 0) is 0 Å². The van der Waals surface area contributed by atoms with Crippen LogP contribution in [0.25, 0.3) is 0 Å². The van der Waals surface area contributed by atoms with Crippen LogP contribution >= 0.6 is 7.37 Å². The van der Waals surface area contributed by atoms with Crippen molar-refractivity contribution in [2.45, 2.75) is 23.7 Å². The van der Waals surface area contributed by atoms with Crippen molar-refractivity contribution in [3.63, 3.8) is 0 Å². The molecule has 0 aromatic rings. The minimum absolute atomic E-state index is 0.334. The third-order valence-corrected chi connectivity index (χ3v) is 4.69. The van der Waals surface area contributed by atoms with Crippen LogP contribution in [0, 0.1) is 0 Å². The molecule has 0 heterocycles. The molecular formula is C9H9F10O3P. The standard InChI is InChI=1S/C9H9F10O3P/c1-2-3-21-4-5-22-23(20,8(16,17)6(10,11)12)9(18,19)7(13,14)15/h2H,1,3-5H2. The molecule has 0 aliphatic heterocycles. The van der Waals surface area contributed by atoms with Crippen molar-refractivity contribution >= 4 is 7.37 Å². The molecular weight excluding hydrogens is 377 g/mol. The minimum atomic E-state index is -7.94. The van der Waals surface area contributed by atoms with Crippen molar-refractivity contribution in [2.24, 2.45) is 0 Å². The van der Waals surface area contributed by atoms with Gasteiger partial charge in [0.25, 0.3) is 0 Å². The summed E-state index contributed by atoms with van der Waals surface area (Å²) >= 11 is 0. The lowest BCUT2D eigenvalue weighted by molar-refractivity contribution is -0.272. The van der Waals surface area contributed by atoms with Gasteiger partial charge in [-0.15, -0.1) is 6.58 Å². The highest BCUT2D eigenvalue weighted by Crippen LogP contribution is 2.77. The van der Waals surface area contributed by atoms with E-state index in [1.165, 1.54) is 0 Å². The lowest BCUT2D eigenvalue weighted by atomic mass is 10.7. The average Bonchev–Trinajstić information content (AvgIpc) is 2.35. The fourth-order valence-electron chi connectivity index (χ4n) is 1.06. The van der Waals surface area contributed by atoms with E-state index >= 15 is 0 Å². The molecule has 0 saturated carbocycles. The summed E-state index contributed by atoms with van der Waals surface area (Å²) in [6, 6.07) is 0. The number of ether oxygens (including phenoxy) is 1. The third kappa shape index (κ3) is 4.18. The summed E-state index contributed by atoms with van der Waals surface area (Å²) in [5, 5.41) is 0. The van der Waals surface area contributed by atoms with E-state index in [1.54, 1.807) is 0 Å². The summed E-state index contributed by atoms with van der Waals surface area (Å²) in [4.78, 5) is 0. The zero-order chi connectivity index (χ0) is 18.7. The predicted molar refractivity (Wildman–Crippen MR) is 56.6 cm³/mol. The molecule has 0 saturated heterocycles. The monoisotopic (exact) mass is 386 g/mol. The molecule has 0 bridgehead atoms. The minimum Gasteiger partial charge on any atom is -0.375 e. The van der Waals surface area contributed by atoms with Crippen LogP contribution in [0.4, 0.5) is 43.9 Å². The van der Waals surface area contributed by atoms with E-state index in [0.717, 1.165) is 6.08 Å². The maximum absolute atomic E-state index is 13.0. The Labute approximate surface area is 122 Å². The van der Waals surface area contributed by atoms with Crippen LogP contribution in [0.5, 0.6) is 0 Å². The summed E-state index contributed by atoms with van der Waals surface area (Å²) < 4.78 is 144. The van der Waals surface area contributed by atoms with Crippen LogP contribution < -0.4 is 0 Å². The van der Waals surface area contributed by atoms with Gasteiger partial charge in [0, 0.05) is 0 Å². The lowest BCUT2D eigenvalue weighted by Crippen LogP contribution is -2.48. The van der Waals surface area contributed by atoms with Gasteiger partial charge in [-0.1, -0.05) is 6.08 Å². The smallest absolute Gasteiger partial charge is 0.375 e. The normalized spacial score (nSPS) is 14.9. The summed E-state index contributed by atoms with van der Waals surface area (Å²) in [5.74, 6) is 0. The van der Waals surface area contributed by atoms with Crippen molar-refractivity contribution in [1.82, 2.24) is 0 Å². The first-order chi connectivity index (χ1) is 10.1. The molecule has 0 rings (SSSR count). The second kappa shape index (κ2) is 6.98. The molecule has 0 aromatic carbocycles. The average molecular weight is 386 g/mol. The van der Waals surface area contributed by atoms with Crippen LogP contribution in [0.15, 0.2) is 12.7 Å². The molecule has 3 nitrogen and oxygen atoms in total. The van der Waals surface area contributed by atoms with Crippen molar-refractivity contribution in [3.05, 3.63) is 12.7 Å². The highest BCUT2D eigenvalue weighted by molar-refractivity contribution is 7.61. The second-order valence-electron chi connectivity index (χ2n) is 3.83. The van der Waals surface area contributed by atoms with Gasteiger partial charge in [-0.25, -0.2) is 0 Å². The van der Waals surface area contributed by atoms with Crippen LogP contribution in [0.2, 0.25) is 0 Å². The van der Waals surface area contributed by atoms with Crippen molar-refractivity contribution in [3.8, 4) is 0 Å². The quantitative estimate of drug-likeness (QED) is 0.260. The lowest BCUT2D eigenvalue weighted by Gasteiger charge is -2.34. The first kappa shape index (κ1) is 22.2. The molecule has 0 fully saturated rings. The van der Waals surface area contributed by atoms with Crippen LogP contribution in [-0.2, 0) is 13.8 Å². The zero-order valence-electron chi connectivity index (χ0n) is 10.9. The van der Waals surface area contributed by atoms with E-state index in [4.69, 9.17) is 0 Å². The molecule has 0 N–H and O–H groups in total. The molecule has 0 spiro atoms. The number of hydrogen-bond donors (Lipinski definition) is 0. The van der Waals surface area contributed by atoms with E-state index < -0.39 is 44.3 Å². The van der Waals surface area contributed by atoms with E-state index in [2.05, 4.69) is 15.8 Å². The number of hydrogen-bond acceptors (Lipinski definition) is 3.